The molecule has 15 heavy (non-hydrogen) atoms. The fourth-order valence-corrected chi connectivity index (χ4v) is 1.23. The zero-order chi connectivity index (χ0) is 10.8. The molecule has 5 heteroatoms. The predicted molar refractivity (Wildman–Crippen MR) is 54.4 cm³/mol. The number of rotatable bonds is 1. The van der Waals surface area contributed by atoms with Crippen molar-refractivity contribution in [1.82, 2.24) is 9.80 Å². The topological polar surface area (TPSA) is 32.8 Å². The van der Waals surface area contributed by atoms with Gasteiger partial charge in [-0.3, -0.25) is 7.05 Å². The third-order valence-corrected chi connectivity index (χ3v) is 1.99. The van der Waals surface area contributed by atoms with E-state index in [0.717, 1.165) is 13.1 Å². The number of hydrogen-bond acceptors (Lipinski definition) is 3. The minimum Gasteiger partial charge on any atom is -0.456 e. The third kappa shape index (κ3) is 6.14. The molecule has 0 unspecified atom stereocenters. The van der Waals surface area contributed by atoms with Crippen LogP contribution in [-0.2, 0) is 4.74 Å². The van der Waals surface area contributed by atoms with Crippen LogP contribution in [0.25, 0.3) is 0 Å². The summed E-state index contributed by atoms with van der Waals surface area (Å²) in [4.78, 5) is 15.2. The van der Waals surface area contributed by atoms with Crippen LogP contribution in [-0.4, -0.2) is 47.7 Å². The summed E-state index contributed by atoms with van der Waals surface area (Å²) in [5.74, 6) is 0. The molecule has 0 spiro atoms. The smallest absolute Gasteiger partial charge is 0.456 e. The van der Waals surface area contributed by atoms with Gasteiger partial charge in [-0.05, 0) is 13.1 Å². The van der Waals surface area contributed by atoms with Crippen molar-refractivity contribution in [2.45, 2.75) is 19.4 Å². The van der Waals surface area contributed by atoms with Gasteiger partial charge in [0.05, 0.1) is 0 Å². The van der Waals surface area contributed by atoms with Crippen LogP contribution in [0.1, 0.15) is 13.8 Å². The molecule has 1 saturated heterocycles. The molecule has 0 atom stereocenters. The molecule has 1 amide bonds. The van der Waals surface area contributed by atoms with Gasteiger partial charge in [0.15, 0.2) is 0 Å². The molecule has 0 aromatic carbocycles. The standard InChI is InChI=1S/C10H18N2O2.K/c1-10(2,3)14-9(13)12-7-5-11(4)6-8-12;/h1,4-8H2,2-3H3;/q;+1. The Morgan fingerprint density at radius 3 is 2.20 bits per heavy atom. The second-order valence-corrected chi connectivity index (χ2v) is 4.23. The Bertz CT molecular complexity index is 208. The first-order chi connectivity index (χ1) is 6.38. The van der Waals surface area contributed by atoms with Gasteiger partial charge < -0.3 is 14.5 Å². The molecule has 0 N–H and O–H groups in total. The van der Waals surface area contributed by atoms with Crippen LogP contribution in [0.4, 0.5) is 4.79 Å². The maximum absolute atomic E-state index is 11.5. The Balaban J connectivity index is 0.00000196. The van der Waals surface area contributed by atoms with Gasteiger partial charge in [0.1, 0.15) is 6.92 Å². The molecule has 1 aliphatic heterocycles. The number of piperazine rings is 1. The SMILES string of the molecule is [CH2+]C(C)(C)OC(=O)N1CCN([CH2-])CC1.[K+]. The van der Waals surface area contributed by atoms with Crippen LogP contribution in [0.3, 0.4) is 0 Å². The molecule has 0 aromatic rings. The molecule has 0 aromatic heterocycles. The van der Waals surface area contributed by atoms with E-state index in [2.05, 4.69) is 14.0 Å². The summed E-state index contributed by atoms with van der Waals surface area (Å²) >= 11 is 0. The van der Waals surface area contributed by atoms with Crippen LogP contribution < -0.4 is 51.4 Å². The van der Waals surface area contributed by atoms with E-state index in [9.17, 15) is 4.79 Å². The zero-order valence-corrected chi connectivity index (χ0v) is 13.1. The fourth-order valence-electron chi connectivity index (χ4n) is 1.23. The number of carbonyl (C=O) groups excluding carboxylic acids is 1. The molecule has 1 fully saturated rings. The molecule has 1 aliphatic rings. The molecule has 0 bridgehead atoms. The van der Waals surface area contributed by atoms with E-state index in [4.69, 9.17) is 4.74 Å². The Morgan fingerprint density at radius 2 is 1.80 bits per heavy atom. The molecule has 0 aliphatic carbocycles. The van der Waals surface area contributed by atoms with Gasteiger partial charge in [-0.15, -0.1) is 0 Å². The molecule has 4 nitrogen and oxygen atoms in total. The van der Waals surface area contributed by atoms with Crippen molar-refractivity contribution in [2.75, 3.05) is 26.2 Å². The monoisotopic (exact) mass is 237 g/mol. The van der Waals surface area contributed by atoms with Gasteiger partial charge >= 0.3 is 57.5 Å². The molecule has 0 radical (unpaired) electrons. The number of ether oxygens (including phenoxy) is 1. The number of nitrogens with zero attached hydrogens (tertiary/aromatic N) is 2. The summed E-state index contributed by atoms with van der Waals surface area (Å²) in [6.45, 7) is 10.2. The minimum atomic E-state index is -0.654. The van der Waals surface area contributed by atoms with Crippen LogP contribution >= 0.6 is 0 Å². The summed E-state index contributed by atoms with van der Waals surface area (Å²) in [7, 11) is 3.81. The van der Waals surface area contributed by atoms with E-state index < -0.39 is 5.60 Å². The van der Waals surface area contributed by atoms with Gasteiger partial charge in [0.25, 0.3) is 0 Å². The van der Waals surface area contributed by atoms with Crippen molar-refractivity contribution in [2.24, 2.45) is 0 Å². The summed E-state index contributed by atoms with van der Waals surface area (Å²) in [6.07, 6.45) is -0.280. The third-order valence-electron chi connectivity index (χ3n) is 1.99. The van der Waals surface area contributed by atoms with E-state index >= 15 is 0 Å². The predicted octanol–water partition coefficient (Wildman–Crippen LogP) is -1.85. The van der Waals surface area contributed by atoms with E-state index in [1.54, 1.807) is 18.7 Å². The number of amides is 1. The van der Waals surface area contributed by atoms with Crippen LogP contribution in [0.2, 0.25) is 0 Å². The summed E-state index contributed by atoms with van der Waals surface area (Å²) in [5.41, 5.74) is -0.654. The largest absolute Gasteiger partial charge is 1.00 e. The van der Waals surface area contributed by atoms with Crippen LogP contribution in [0, 0.1) is 14.0 Å². The average molecular weight is 237 g/mol. The van der Waals surface area contributed by atoms with Gasteiger partial charge in [-0.25, -0.2) is 4.79 Å². The van der Waals surface area contributed by atoms with Crippen molar-refractivity contribution in [1.29, 1.82) is 0 Å². The van der Waals surface area contributed by atoms with Gasteiger partial charge in [-0.2, -0.15) is 0 Å². The molecule has 1 rings (SSSR count). The fraction of sp³-hybridized carbons (Fsp3) is 0.700. The second-order valence-electron chi connectivity index (χ2n) is 4.23. The molecular weight excluding hydrogens is 219 g/mol. The quantitative estimate of drug-likeness (QED) is 0.396. The van der Waals surface area contributed by atoms with E-state index in [0.29, 0.717) is 13.1 Å². The Morgan fingerprint density at radius 1 is 1.33 bits per heavy atom. The van der Waals surface area contributed by atoms with Crippen molar-refractivity contribution in [3.63, 3.8) is 0 Å². The van der Waals surface area contributed by atoms with Crippen molar-refractivity contribution < 1.29 is 60.9 Å². The minimum absolute atomic E-state index is 0. The average Bonchev–Trinajstić information content (AvgIpc) is 2.02. The Labute approximate surface area is 135 Å². The molecule has 1 heterocycles. The van der Waals surface area contributed by atoms with Crippen molar-refractivity contribution in [3.05, 3.63) is 14.0 Å². The molecule has 0 saturated carbocycles. The van der Waals surface area contributed by atoms with Crippen LogP contribution in [0.5, 0.6) is 0 Å². The molecular formula is C10H18KN2O2+. The van der Waals surface area contributed by atoms with E-state index in [1.165, 1.54) is 0 Å². The van der Waals surface area contributed by atoms with E-state index in [-0.39, 0.29) is 57.5 Å². The summed E-state index contributed by atoms with van der Waals surface area (Å²) < 4.78 is 5.15. The Hall–Kier alpha value is 0.736. The Kier molecular flexibility index (Phi) is 6.78. The maximum Gasteiger partial charge on any atom is 1.00 e. The second kappa shape index (κ2) is 6.47. The zero-order valence-electron chi connectivity index (χ0n) is 9.95. The van der Waals surface area contributed by atoms with E-state index in [1.807, 2.05) is 4.90 Å². The van der Waals surface area contributed by atoms with Gasteiger partial charge in [0, 0.05) is 26.9 Å². The van der Waals surface area contributed by atoms with Gasteiger partial charge in [0.2, 0.25) is 5.60 Å². The number of hydrogen-bond donors (Lipinski definition) is 0. The normalized spacial score (nSPS) is 18.2. The van der Waals surface area contributed by atoms with Crippen molar-refractivity contribution in [3.8, 4) is 0 Å². The van der Waals surface area contributed by atoms with Crippen molar-refractivity contribution >= 4 is 6.09 Å². The summed E-state index contributed by atoms with van der Waals surface area (Å²) in [5, 5.41) is 0. The first-order valence-electron chi connectivity index (χ1n) is 4.77. The first kappa shape index (κ1) is 15.7. The summed E-state index contributed by atoms with van der Waals surface area (Å²) in [6, 6.07) is 0. The van der Waals surface area contributed by atoms with Gasteiger partial charge in [-0.1, -0.05) is 0 Å². The number of carbonyl (C=O) groups is 1. The molecule has 80 valence electrons. The van der Waals surface area contributed by atoms with Crippen LogP contribution in [0.15, 0.2) is 0 Å². The first-order valence-corrected chi connectivity index (χ1v) is 4.77. The maximum atomic E-state index is 11.5.